The van der Waals surface area contributed by atoms with Gasteiger partial charge in [-0.3, -0.25) is 4.79 Å². The zero-order valence-corrected chi connectivity index (χ0v) is 10.9. The number of fused-ring (bicyclic) bond motifs is 1. The molecule has 0 aliphatic rings. The second-order valence-electron chi connectivity index (χ2n) is 4.35. The van der Waals surface area contributed by atoms with Crippen molar-refractivity contribution in [1.82, 2.24) is 10.3 Å². The summed E-state index contributed by atoms with van der Waals surface area (Å²) >= 11 is 0. The van der Waals surface area contributed by atoms with Gasteiger partial charge in [0.1, 0.15) is 11.5 Å². The lowest BCUT2D eigenvalue weighted by atomic mass is 10.0. The van der Waals surface area contributed by atoms with Gasteiger partial charge >= 0.3 is 0 Å². The number of rotatable bonds is 5. The minimum atomic E-state index is -0.143. The Balaban J connectivity index is 2.38. The van der Waals surface area contributed by atoms with Crippen molar-refractivity contribution in [1.29, 1.82) is 0 Å². The van der Waals surface area contributed by atoms with Crippen molar-refractivity contribution in [3.63, 3.8) is 0 Å². The van der Waals surface area contributed by atoms with Crippen LogP contribution in [0.2, 0.25) is 0 Å². The van der Waals surface area contributed by atoms with Crippen LogP contribution < -0.4 is 10.1 Å². The van der Waals surface area contributed by atoms with Crippen LogP contribution in [-0.2, 0) is 11.2 Å². The molecule has 0 aliphatic carbocycles. The molecule has 0 fully saturated rings. The zero-order chi connectivity index (χ0) is 13.1. The maximum absolute atomic E-state index is 11.5. The average Bonchev–Trinajstić information content (AvgIpc) is 2.78. The van der Waals surface area contributed by atoms with E-state index in [0.717, 1.165) is 22.2 Å². The highest BCUT2D eigenvalue weighted by Crippen LogP contribution is 2.27. The molecule has 96 valence electrons. The zero-order valence-electron chi connectivity index (χ0n) is 10.9. The molecule has 1 atom stereocenters. The molecule has 2 N–H and O–H groups in total. The summed E-state index contributed by atoms with van der Waals surface area (Å²) in [6.07, 6.45) is 2.62. The molecule has 1 aromatic carbocycles. The number of ketones is 1. The van der Waals surface area contributed by atoms with E-state index in [1.165, 1.54) is 0 Å². The van der Waals surface area contributed by atoms with Crippen molar-refractivity contribution in [2.75, 3.05) is 14.2 Å². The minimum Gasteiger partial charge on any atom is -0.495 e. The van der Waals surface area contributed by atoms with E-state index >= 15 is 0 Å². The smallest absolute Gasteiger partial charge is 0.147 e. The number of carbonyl (C=O) groups excluding carboxylic acids is 1. The Labute approximate surface area is 106 Å². The number of carbonyl (C=O) groups is 1. The number of Topliss-reactive ketones (excluding diaryl/α,β-unsaturated/α-hetero) is 1. The molecule has 4 nitrogen and oxygen atoms in total. The number of methoxy groups -OCH3 is 1. The summed E-state index contributed by atoms with van der Waals surface area (Å²) in [5, 5.41) is 4.15. The number of benzene rings is 1. The number of aromatic amines is 1. The first-order chi connectivity index (χ1) is 8.67. The monoisotopic (exact) mass is 246 g/mol. The number of para-hydroxylation sites is 1. The quantitative estimate of drug-likeness (QED) is 0.847. The average molecular weight is 246 g/mol. The molecule has 0 radical (unpaired) electrons. The fraction of sp³-hybridized carbons (Fsp3) is 0.357. The predicted octanol–water partition coefficient (Wildman–Crippen LogP) is 1.90. The summed E-state index contributed by atoms with van der Waals surface area (Å²) in [5.41, 5.74) is 2.10. The largest absolute Gasteiger partial charge is 0.495 e. The van der Waals surface area contributed by atoms with Crippen LogP contribution in [0, 0.1) is 0 Å². The van der Waals surface area contributed by atoms with E-state index in [9.17, 15) is 4.79 Å². The summed E-state index contributed by atoms with van der Waals surface area (Å²) in [7, 11) is 3.46. The molecular weight excluding hydrogens is 228 g/mol. The molecule has 0 spiro atoms. The van der Waals surface area contributed by atoms with Crippen LogP contribution in [-0.4, -0.2) is 31.0 Å². The van der Waals surface area contributed by atoms with Gasteiger partial charge in [0.25, 0.3) is 0 Å². The van der Waals surface area contributed by atoms with E-state index in [0.29, 0.717) is 6.42 Å². The van der Waals surface area contributed by atoms with Crippen LogP contribution in [0.15, 0.2) is 24.4 Å². The Hall–Kier alpha value is -1.81. The molecule has 0 unspecified atom stereocenters. The number of aromatic nitrogens is 1. The third kappa shape index (κ3) is 2.24. The van der Waals surface area contributed by atoms with Gasteiger partial charge in [-0.15, -0.1) is 0 Å². The van der Waals surface area contributed by atoms with Crippen molar-refractivity contribution >= 4 is 16.7 Å². The fourth-order valence-electron chi connectivity index (χ4n) is 2.19. The first kappa shape index (κ1) is 12.6. The lowest BCUT2D eigenvalue weighted by Gasteiger charge is -2.11. The summed E-state index contributed by atoms with van der Waals surface area (Å²) in [5.74, 6) is 0.970. The Morgan fingerprint density at radius 2 is 2.28 bits per heavy atom. The van der Waals surface area contributed by atoms with E-state index < -0.39 is 0 Å². The molecule has 0 bridgehead atoms. The van der Waals surface area contributed by atoms with Crippen LogP contribution >= 0.6 is 0 Å². The van der Waals surface area contributed by atoms with Crippen molar-refractivity contribution in [3.05, 3.63) is 30.0 Å². The maximum Gasteiger partial charge on any atom is 0.147 e. The molecule has 4 heteroatoms. The van der Waals surface area contributed by atoms with Crippen LogP contribution in [0.3, 0.4) is 0 Å². The highest BCUT2D eigenvalue weighted by atomic mass is 16.5. The molecule has 2 aromatic rings. The van der Waals surface area contributed by atoms with Crippen molar-refractivity contribution < 1.29 is 9.53 Å². The Morgan fingerprint density at radius 3 is 2.89 bits per heavy atom. The number of hydrogen-bond donors (Lipinski definition) is 2. The van der Waals surface area contributed by atoms with Crippen LogP contribution in [0.5, 0.6) is 5.75 Å². The summed E-state index contributed by atoms with van der Waals surface area (Å²) in [6, 6.07) is 5.77. The molecule has 0 saturated carbocycles. The highest BCUT2D eigenvalue weighted by Gasteiger charge is 2.15. The number of ether oxygens (including phenoxy) is 1. The molecule has 1 aromatic heterocycles. The first-order valence-corrected chi connectivity index (χ1v) is 5.98. The van der Waals surface area contributed by atoms with Gasteiger partial charge < -0.3 is 15.0 Å². The van der Waals surface area contributed by atoms with Gasteiger partial charge in [0.2, 0.25) is 0 Å². The van der Waals surface area contributed by atoms with Crippen LogP contribution in [0.25, 0.3) is 10.9 Å². The molecule has 18 heavy (non-hydrogen) atoms. The number of nitrogens with one attached hydrogen (secondary N) is 2. The third-order valence-electron chi connectivity index (χ3n) is 3.25. The lowest BCUT2D eigenvalue weighted by Crippen LogP contribution is -2.34. The van der Waals surface area contributed by atoms with Crippen molar-refractivity contribution in [3.8, 4) is 5.75 Å². The molecule has 0 saturated heterocycles. The predicted molar refractivity (Wildman–Crippen MR) is 72.1 cm³/mol. The summed E-state index contributed by atoms with van der Waals surface area (Å²) in [6.45, 7) is 1.61. The number of likely N-dealkylation sites (N-methyl/N-ethyl adjacent to an activating group) is 1. The normalized spacial score (nSPS) is 12.6. The summed E-state index contributed by atoms with van der Waals surface area (Å²) < 4.78 is 5.31. The van der Waals surface area contributed by atoms with Crippen LogP contribution in [0.4, 0.5) is 0 Å². The van der Waals surface area contributed by atoms with Gasteiger partial charge in [0.15, 0.2) is 0 Å². The van der Waals surface area contributed by atoms with Crippen molar-refractivity contribution in [2.24, 2.45) is 0 Å². The molecule has 1 heterocycles. The first-order valence-electron chi connectivity index (χ1n) is 5.98. The standard InChI is InChI=1S/C14H18N2O2/c1-9(17)12(15-2)7-10-8-16-14-11(10)5-4-6-13(14)18-3/h4-6,8,12,15-16H,7H2,1-3H3/t12-/m0/s1. The summed E-state index contributed by atoms with van der Waals surface area (Å²) in [4.78, 5) is 14.7. The minimum absolute atomic E-state index is 0.143. The maximum atomic E-state index is 11.5. The molecular formula is C14H18N2O2. The van der Waals surface area contributed by atoms with E-state index in [1.54, 1.807) is 14.0 Å². The second kappa shape index (κ2) is 5.23. The van der Waals surface area contributed by atoms with Gasteiger partial charge in [-0.25, -0.2) is 0 Å². The number of H-pyrrole nitrogens is 1. The van der Waals surface area contributed by atoms with Gasteiger partial charge in [-0.1, -0.05) is 12.1 Å². The molecule has 0 amide bonds. The Bertz CT molecular complexity index is 560. The highest BCUT2D eigenvalue weighted by molar-refractivity contribution is 5.89. The van der Waals surface area contributed by atoms with E-state index in [-0.39, 0.29) is 11.8 Å². The lowest BCUT2D eigenvalue weighted by molar-refractivity contribution is -0.118. The molecule has 2 rings (SSSR count). The third-order valence-corrected chi connectivity index (χ3v) is 3.25. The Kier molecular flexibility index (Phi) is 3.67. The van der Waals surface area contributed by atoms with Crippen LogP contribution in [0.1, 0.15) is 12.5 Å². The number of hydrogen-bond acceptors (Lipinski definition) is 3. The van der Waals surface area contributed by atoms with E-state index in [1.807, 2.05) is 31.4 Å². The van der Waals surface area contributed by atoms with Crippen molar-refractivity contribution in [2.45, 2.75) is 19.4 Å². The Morgan fingerprint density at radius 1 is 1.50 bits per heavy atom. The van der Waals surface area contributed by atoms with Gasteiger partial charge in [0, 0.05) is 11.6 Å². The SMILES string of the molecule is CN[C@@H](Cc1c[nH]c2c(OC)cccc12)C(C)=O. The van der Waals surface area contributed by atoms with E-state index in [4.69, 9.17) is 4.74 Å². The van der Waals surface area contributed by atoms with Gasteiger partial charge in [0.05, 0.1) is 18.7 Å². The van der Waals surface area contributed by atoms with E-state index in [2.05, 4.69) is 10.3 Å². The van der Waals surface area contributed by atoms with Gasteiger partial charge in [-0.05, 0) is 32.0 Å². The topological polar surface area (TPSA) is 54.1 Å². The van der Waals surface area contributed by atoms with Gasteiger partial charge in [-0.2, -0.15) is 0 Å². The fourth-order valence-corrected chi connectivity index (χ4v) is 2.19. The molecule has 0 aliphatic heterocycles. The second-order valence-corrected chi connectivity index (χ2v) is 4.35.